The van der Waals surface area contributed by atoms with Crippen molar-refractivity contribution >= 4 is 11.8 Å². The van der Waals surface area contributed by atoms with E-state index >= 15 is 0 Å². The molecular formula is C18H21F2N3O2. The quantitative estimate of drug-likeness (QED) is 0.800. The SMILES string of the molecule is CCN(CC)Cc1cccn1-c1c(F)cc(N2CCOC2=O)cc1F. The Kier molecular flexibility index (Phi) is 5.03. The van der Waals surface area contributed by atoms with E-state index in [1.165, 1.54) is 21.6 Å². The number of ether oxygens (including phenoxy) is 1. The molecule has 7 heteroatoms. The second-order valence-corrected chi connectivity index (χ2v) is 5.85. The van der Waals surface area contributed by atoms with Crippen LogP contribution >= 0.6 is 0 Å². The van der Waals surface area contributed by atoms with E-state index in [1.807, 2.05) is 19.9 Å². The molecule has 0 spiro atoms. The van der Waals surface area contributed by atoms with Gasteiger partial charge in [0.2, 0.25) is 0 Å². The van der Waals surface area contributed by atoms with Gasteiger partial charge in [0.25, 0.3) is 0 Å². The van der Waals surface area contributed by atoms with Crippen LogP contribution in [-0.2, 0) is 11.3 Å². The van der Waals surface area contributed by atoms with Crippen LogP contribution in [0.2, 0.25) is 0 Å². The number of amides is 1. The fraction of sp³-hybridized carbons (Fsp3) is 0.389. The third-order valence-corrected chi connectivity index (χ3v) is 4.43. The van der Waals surface area contributed by atoms with Gasteiger partial charge in [0, 0.05) is 30.6 Å². The first-order valence-electron chi connectivity index (χ1n) is 8.37. The standard InChI is InChI=1S/C18H21F2N3O2/c1-3-21(4-2)12-13-6-5-7-22(13)17-15(19)10-14(11-16(17)20)23-8-9-25-18(23)24/h5-7,10-11H,3-4,8-9,12H2,1-2H3. The lowest BCUT2D eigenvalue weighted by atomic mass is 10.2. The van der Waals surface area contributed by atoms with E-state index in [2.05, 4.69) is 4.90 Å². The van der Waals surface area contributed by atoms with Crippen LogP contribution in [0.1, 0.15) is 19.5 Å². The highest BCUT2D eigenvalue weighted by molar-refractivity contribution is 5.89. The zero-order chi connectivity index (χ0) is 18.0. The Labute approximate surface area is 145 Å². The zero-order valence-corrected chi connectivity index (χ0v) is 14.3. The van der Waals surface area contributed by atoms with Gasteiger partial charge in [-0.2, -0.15) is 0 Å². The van der Waals surface area contributed by atoms with Crippen molar-refractivity contribution in [2.45, 2.75) is 20.4 Å². The summed E-state index contributed by atoms with van der Waals surface area (Å²) in [6.07, 6.45) is 1.05. The number of benzene rings is 1. The molecule has 0 saturated carbocycles. The Morgan fingerprint density at radius 1 is 1.20 bits per heavy atom. The van der Waals surface area contributed by atoms with E-state index in [-0.39, 0.29) is 24.5 Å². The molecule has 5 nitrogen and oxygen atoms in total. The molecule has 0 N–H and O–H groups in total. The lowest BCUT2D eigenvalue weighted by Gasteiger charge is -2.20. The number of nitrogens with zero attached hydrogens (tertiary/aromatic N) is 3. The van der Waals surface area contributed by atoms with E-state index in [0.29, 0.717) is 6.54 Å². The molecule has 1 aromatic carbocycles. The molecule has 0 bridgehead atoms. The number of hydrogen-bond donors (Lipinski definition) is 0. The van der Waals surface area contributed by atoms with Gasteiger partial charge < -0.3 is 9.30 Å². The van der Waals surface area contributed by atoms with Crippen molar-refractivity contribution in [3.8, 4) is 5.69 Å². The van der Waals surface area contributed by atoms with Crippen LogP contribution in [0, 0.1) is 11.6 Å². The summed E-state index contributed by atoms with van der Waals surface area (Å²) in [6, 6.07) is 5.96. The molecule has 2 aromatic rings. The first-order chi connectivity index (χ1) is 12.0. The highest BCUT2D eigenvalue weighted by Gasteiger charge is 2.26. The molecule has 0 unspecified atom stereocenters. The van der Waals surface area contributed by atoms with E-state index < -0.39 is 17.7 Å². The summed E-state index contributed by atoms with van der Waals surface area (Å²) < 4.78 is 35.7. The monoisotopic (exact) mass is 349 g/mol. The van der Waals surface area contributed by atoms with Crippen molar-refractivity contribution in [2.24, 2.45) is 0 Å². The summed E-state index contributed by atoms with van der Waals surface area (Å²) in [4.78, 5) is 15.0. The lowest BCUT2D eigenvalue weighted by molar-refractivity contribution is 0.181. The average molecular weight is 349 g/mol. The molecule has 25 heavy (non-hydrogen) atoms. The molecule has 1 aliphatic rings. The van der Waals surface area contributed by atoms with E-state index in [0.717, 1.165) is 18.8 Å². The summed E-state index contributed by atoms with van der Waals surface area (Å²) in [5.41, 5.74) is 0.831. The van der Waals surface area contributed by atoms with Gasteiger partial charge in [0.05, 0.1) is 12.2 Å². The van der Waals surface area contributed by atoms with Gasteiger partial charge in [-0.1, -0.05) is 13.8 Å². The Balaban J connectivity index is 1.96. The van der Waals surface area contributed by atoms with Crippen LogP contribution in [0.5, 0.6) is 0 Å². The smallest absolute Gasteiger partial charge is 0.414 e. The second kappa shape index (κ2) is 7.23. The van der Waals surface area contributed by atoms with Crippen LogP contribution in [-0.4, -0.2) is 41.8 Å². The third kappa shape index (κ3) is 3.37. The predicted octanol–water partition coefficient (Wildman–Crippen LogP) is 3.55. The van der Waals surface area contributed by atoms with Crippen LogP contribution in [0.15, 0.2) is 30.5 Å². The number of cyclic esters (lactones) is 1. The molecule has 134 valence electrons. The van der Waals surface area contributed by atoms with Crippen molar-refractivity contribution in [1.82, 2.24) is 9.47 Å². The van der Waals surface area contributed by atoms with E-state index in [9.17, 15) is 13.6 Å². The summed E-state index contributed by atoms with van der Waals surface area (Å²) >= 11 is 0. The van der Waals surface area contributed by atoms with Crippen molar-refractivity contribution in [2.75, 3.05) is 31.1 Å². The van der Waals surface area contributed by atoms with Gasteiger partial charge >= 0.3 is 6.09 Å². The normalized spacial score (nSPS) is 14.4. The number of anilines is 1. The molecule has 0 aliphatic carbocycles. The van der Waals surface area contributed by atoms with E-state index in [4.69, 9.17) is 4.74 Å². The van der Waals surface area contributed by atoms with Gasteiger partial charge in [-0.05, 0) is 25.2 Å². The van der Waals surface area contributed by atoms with Crippen LogP contribution in [0.3, 0.4) is 0 Å². The van der Waals surface area contributed by atoms with Crippen molar-refractivity contribution in [3.63, 3.8) is 0 Å². The summed E-state index contributed by atoms with van der Waals surface area (Å²) in [6.45, 7) is 6.89. The molecule has 0 atom stereocenters. The third-order valence-electron chi connectivity index (χ3n) is 4.43. The van der Waals surface area contributed by atoms with Crippen LogP contribution in [0.25, 0.3) is 5.69 Å². The molecular weight excluding hydrogens is 328 g/mol. The van der Waals surface area contributed by atoms with E-state index in [1.54, 1.807) is 12.3 Å². The minimum Gasteiger partial charge on any atom is -0.447 e. The number of carbonyl (C=O) groups is 1. The molecule has 1 aliphatic heterocycles. The topological polar surface area (TPSA) is 37.7 Å². The predicted molar refractivity (Wildman–Crippen MR) is 91.0 cm³/mol. The number of carbonyl (C=O) groups excluding carboxylic acids is 1. The number of halogens is 2. The average Bonchev–Trinajstić information content (AvgIpc) is 3.21. The van der Waals surface area contributed by atoms with Gasteiger partial charge in [0.1, 0.15) is 12.3 Å². The molecule has 0 radical (unpaired) electrons. The maximum atomic E-state index is 14.7. The summed E-state index contributed by atoms with van der Waals surface area (Å²) in [5, 5.41) is 0. The molecule has 1 aromatic heterocycles. The molecule has 1 saturated heterocycles. The maximum absolute atomic E-state index is 14.7. The molecule has 1 amide bonds. The van der Waals surface area contributed by atoms with Crippen LogP contribution in [0.4, 0.5) is 19.3 Å². The van der Waals surface area contributed by atoms with Gasteiger partial charge in [-0.15, -0.1) is 0 Å². The second-order valence-electron chi connectivity index (χ2n) is 5.85. The first kappa shape index (κ1) is 17.4. The van der Waals surface area contributed by atoms with Gasteiger partial charge in [-0.3, -0.25) is 9.80 Å². The van der Waals surface area contributed by atoms with Gasteiger partial charge in [0.15, 0.2) is 11.6 Å². The largest absolute Gasteiger partial charge is 0.447 e. The van der Waals surface area contributed by atoms with Crippen LogP contribution < -0.4 is 4.90 Å². The number of rotatable bonds is 6. The Hall–Kier alpha value is -2.41. The fourth-order valence-corrected chi connectivity index (χ4v) is 3.01. The zero-order valence-electron chi connectivity index (χ0n) is 14.3. The van der Waals surface area contributed by atoms with Crippen molar-refractivity contribution in [3.05, 3.63) is 47.8 Å². The summed E-state index contributed by atoms with van der Waals surface area (Å²) in [5.74, 6) is -1.43. The van der Waals surface area contributed by atoms with Gasteiger partial charge in [-0.25, -0.2) is 13.6 Å². The Morgan fingerprint density at radius 3 is 2.44 bits per heavy atom. The molecule has 2 heterocycles. The minimum atomic E-state index is -0.716. The van der Waals surface area contributed by atoms with Crippen molar-refractivity contribution in [1.29, 1.82) is 0 Å². The summed E-state index contributed by atoms with van der Waals surface area (Å²) in [7, 11) is 0. The number of hydrogen-bond acceptors (Lipinski definition) is 3. The first-order valence-corrected chi connectivity index (χ1v) is 8.37. The minimum absolute atomic E-state index is 0.136. The molecule has 3 rings (SSSR count). The Bertz CT molecular complexity index is 748. The highest BCUT2D eigenvalue weighted by Crippen LogP contribution is 2.28. The van der Waals surface area contributed by atoms with Crippen molar-refractivity contribution < 1.29 is 18.3 Å². The maximum Gasteiger partial charge on any atom is 0.414 e. The number of aromatic nitrogens is 1. The lowest BCUT2D eigenvalue weighted by Crippen LogP contribution is -2.25. The Morgan fingerprint density at radius 2 is 1.88 bits per heavy atom. The fourth-order valence-electron chi connectivity index (χ4n) is 3.01. The molecule has 1 fully saturated rings. The highest BCUT2D eigenvalue weighted by atomic mass is 19.1.